The second-order valence-corrected chi connectivity index (χ2v) is 6.95. The van der Waals surface area contributed by atoms with Crippen LogP contribution in [0.4, 0.5) is 0 Å². The van der Waals surface area contributed by atoms with E-state index in [0.29, 0.717) is 18.5 Å². The quantitative estimate of drug-likeness (QED) is 0.295. The average molecular weight is 461 g/mol. The number of nitrogens with zero attached hydrogens (tertiary/aromatic N) is 3. The molecule has 0 saturated carbocycles. The first-order valence-corrected chi connectivity index (χ1v) is 8.77. The lowest BCUT2D eigenvalue weighted by atomic mass is 10.0. The molecule has 0 radical (unpaired) electrons. The summed E-state index contributed by atoms with van der Waals surface area (Å²) in [6.45, 7) is 14.1. The summed E-state index contributed by atoms with van der Waals surface area (Å²) in [5, 5.41) is 10.9. The number of halogens is 1. The molecule has 2 heterocycles. The molecule has 1 saturated heterocycles. The van der Waals surface area contributed by atoms with Crippen LogP contribution in [0.5, 0.6) is 0 Å². The molecule has 0 aliphatic carbocycles. The van der Waals surface area contributed by atoms with Crippen LogP contribution >= 0.6 is 24.0 Å². The van der Waals surface area contributed by atoms with E-state index in [1.165, 1.54) is 5.57 Å². The minimum absolute atomic E-state index is 0. The lowest BCUT2D eigenvalue weighted by Gasteiger charge is -2.33. The van der Waals surface area contributed by atoms with E-state index in [2.05, 4.69) is 53.0 Å². The van der Waals surface area contributed by atoms with Crippen LogP contribution in [0, 0.1) is 0 Å². The molecule has 2 rings (SSSR count). The molecule has 1 aliphatic heterocycles. The molecule has 1 aromatic heterocycles. The first kappa shape index (κ1) is 22.0. The van der Waals surface area contributed by atoms with E-state index in [9.17, 15) is 0 Å². The van der Waals surface area contributed by atoms with E-state index >= 15 is 0 Å². The topological polar surface area (TPSA) is 65.7 Å². The number of rotatable bonds is 6. The van der Waals surface area contributed by atoms with Gasteiger partial charge in [-0.15, -0.1) is 24.0 Å². The number of hydrogen-bond acceptors (Lipinski definition) is 4. The van der Waals surface area contributed by atoms with Crippen molar-refractivity contribution in [1.29, 1.82) is 0 Å². The molecule has 0 atom stereocenters. The van der Waals surface area contributed by atoms with E-state index in [4.69, 9.17) is 4.52 Å². The SMILES string of the molecule is C=C(C)CN1CCC(NC(=NC)NCc2cc(C(C)C)no2)CC1.I. The Balaban J connectivity index is 0.00000312. The van der Waals surface area contributed by atoms with Crippen LogP contribution < -0.4 is 10.6 Å². The van der Waals surface area contributed by atoms with Crippen molar-refractivity contribution in [2.75, 3.05) is 26.7 Å². The summed E-state index contributed by atoms with van der Waals surface area (Å²) in [6, 6.07) is 2.46. The van der Waals surface area contributed by atoms with Crippen LogP contribution in [-0.2, 0) is 6.54 Å². The fourth-order valence-electron chi connectivity index (χ4n) is 2.86. The van der Waals surface area contributed by atoms with Gasteiger partial charge in [-0.2, -0.15) is 0 Å². The molecule has 7 heteroatoms. The Labute approximate surface area is 168 Å². The van der Waals surface area contributed by atoms with Crippen molar-refractivity contribution in [1.82, 2.24) is 20.7 Å². The molecular formula is C18H32IN5O. The van der Waals surface area contributed by atoms with Gasteiger partial charge in [0.1, 0.15) is 0 Å². The van der Waals surface area contributed by atoms with E-state index in [0.717, 1.165) is 49.9 Å². The predicted molar refractivity (Wildman–Crippen MR) is 114 cm³/mol. The van der Waals surface area contributed by atoms with E-state index < -0.39 is 0 Å². The summed E-state index contributed by atoms with van der Waals surface area (Å²) in [6.07, 6.45) is 2.24. The standard InChI is InChI=1S/C18H31N5O.HI/c1-13(2)12-23-8-6-15(7-9-23)21-18(19-5)20-11-16-10-17(14(3)4)22-24-16;/h10,14-15H,1,6-9,11-12H2,2-5H3,(H2,19,20,21);1H. The van der Waals surface area contributed by atoms with E-state index in [1.54, 1.807) is 7.05 Å². The molecule has 0 aromatic carbocycles. The van der Waals surface area contributed by atoms with Crippen LogP contribution in [-0.4, -0.2) is 48.7 Å². The van der Waals surface area contributed by atoms with Crippen molar-refractivity contribution in [3.05, 3.63) is 29.7 Å². The first-order chi connectivity index (χ1) is 11.5. The third kappa shape index (κ3) is 7.35. The van der Waals surface area contributed by atoms with Crippen molar-refractivity contribution in [2.45, 2.75) is 52.1 Å². The number of aliphatic imine (C=N–C) groups is 1. The molecule has 6 nitrogen and oxygen atoms in total. The average Bonchev–Trinajstić information content (AvgIpc) is 3.02. The van der Waals surface area contributed by atoms with Gasteiger partial charge in [0, 0.05) is 38.8 Å². The Morgan fingerprint density at radius 1 is 1.44 bits per heavy atom. The number of likely N-dealkylation sites (tertiary alicyclic amines) is 1. The maximum atomic E-state index is 5.35. The van der Waals surface area contributed by atoms with Crippen LogP contribution in [0.2, 0.25) is 0 Å². The normalized spacial score (nSPS) is 16.6. The monoisotopic (exact) mass is 461 g/mol. The summed E-state index contributed by atoms with van der Waals surface area (Å²) in [5.74, 6) is 2.03. The third-order valence-electron chi connectivity index (χ3n) is 4.24. The highest BCUT2D eigenvalue weighted by Gasteiger charge is 2.19. The summed E-state index contributed by atoms with van der Waals surface area (Å²) in [5.41, 5.74) is 2.21. The third-order valence-corrected chi connectivity index (χ3v) is 4.24. The smallest absolute Gasteiger partial charge is 0.191 e. The Hall–Kier alpha value is -1.09. The fourth-order valence-corrected chi connectivity index (χ4v) is 2.86. The van der Waals surface area contributed by atoms with Crippen LogP contribution in [0.15, 0.2) is 27.7 Å². The second-order valence-electron chi connectivity index (χ2n) is 6.95. The van der Waals surface area contributed by atoms with E-state index in [-0.39, 0.29) is 24.0 Å². The number of nitrogens with one attached hydrogen (secondary N) is 2. The molecule has 142 valence electrons. The molecule has 1 aromatic rings. The van der Waals surface area contributed by atoms with Crippen molar-refractivity contribution < 1.29 is 4.52 Å². The fraction of sp³-hybridized carbons (Fsp3) is 0.667. The largest absolute Gasteiger partial charge is 0.359 e. The molecule has 0 spiro atoms. The molecule has 2 N–H and O–H groups in total. The second kappa shape index (κ2) is 10.8. The maximum Gasteiger partial charge on any atom is 0.191 e. The van der Waals surface area contributed by atoms with Gasteiger partial charge in [0.2, 0.25) is 0 Å². The Morgan fingerprint density at radius 2 is 2.12 bits per heavy atom. The van der Waals surface area contributed by atoms with Gasteiger partial charge >= 0.3 is 0 Å². The van der Waals surface area contributed by atoms with Gasteiger partial charge in [-0.05, 0) is 25.7 Å². The number of guanidine groups is 1. The van der Waals surface area contributed by atoms with Crippen LogP contribution in [0.1, 0.15) is 51.0 Å². The molecule has 25 heavy (non-hydrogen) atoms. The zero-order valence-electron chi connectivity index (χ0n) is 15.8. The van der Waals surface area contributed by atoms with Crippen molar-refractivity contribution in [2.24, 2.45) is 4.99 Å². The van der Waals surface area contributed by atoms with Gasteiger partial charge in [-0.1, -0.05) is 31.2 Å². The molecule has 1 aliphatic rings. The lowest BCUT2D eigenvalue weighted by molar-refractivity contribution is 0.221. The molecule has 0 bridgehead atoms. The van der Waals surface area contributed by atoms with E-state index in [1.807, 2.05) is 6.07 Å². The molecule has 0 amide bonds. The zero-order chi connectivity index (χ0) is 17.5. The van der Waals surface area contributed by atoms with Crippen LogP contribution in [0.25, 0.3) is 0 Å². The van der Waals surface area contributed by atoms with Gasteiger partial charge in [0.05, 0.1) is 12.2 Å². The highest BCUT2D eigenvalue weighted by molar-refractivity contribution is 14.0. The number of aromatic nitrogens is 1. The van der Waals surface area contributed by atoms with Crippen molar-refractivity contribution in [3.63, 3.8) is 0 Å². The van der Waals surface area contributed by atoms with Gasteiger partial charge in [-0.25, -0.2) is 0 Å². The Bertz CT molecular complexity index is 562. The highest BCUT2D eigenvalue weighted by atomic mass is 127. The summed E-state index contributed by atoms with van der Waals surface area (Å²) < 4.78 is 5.35. The van der Waals surface area contributed by atoms with Gasteiger partial charge in [-0.3, -0.25) is 9.89 Å². The number of hydrogen-bond donors (Lipinski definition) is 2. The highest BCUT2D eigenvalue weighted by Crippen LogP contribution is 2.14. The predicted octanol–water partition coefficient (Wildman–Crippen LogP) is 3.12. The zero-order valence-corrected chi connectivity index (χ0v) is 18.2. The Morgan fingerprint density at radius 3 is 2.64 bits per heavy atom. The minimum Gasteiger partial charge on any atom is -0.359 e. The molecule has 0 unspecified atom stereocenters. The lowest BCUT2D eigenvalue weighted by Crippen LogP contribution is -2.48. The van der Waals surface area contributed by atoms with Crippen molar-refractivity contribution in [3.8, 4) is 0 Å². The minimum atomic E-state index is 0. The summed E-state index contributed by atoms with van der Waals surface area (Å²) in [7, 11) is 1.80. The Kier molecular flexibility index (Phi) is 9.48. The van der Waals surface area contributed by atoms with Crippen molar-refractivity contribution >= 4 is 29.9 Å². The molecule has 1 fully saturated rings. The maximum absolute atomic E-state index is 5.35. The summed E-state index contributed by atoms with van der Waals surface area (Å²) in [4.78, 5) is 6.77. The van der Waals surface area contributed by atoms with Gasteiger partial charge in [0.15, 0.2) is 11.7 Å². The molecular weight excluding hydrogens is 429 g/mol. The number of piperidine rings is 1. The summed E-state index contributed by atoms with van der Waals surface area (Å²) >= 11 is 0. The first-order valence-electron chi connectivity index (χ1n) is 8.77. The van der Waals surface area contributed by atoms with Gasteiger partial charge in [0.25, 0.3) is 0 Å². The van der Waals surface area contributed by atoms with Crippen LogP contribution in [0.3, 0.4) is 0 Å². The van der Waals surface area contributed by atoms with Gasteiger partial charge < -0.3 is 15.2 Å².